The molecule has 2 N–H and O–H groups in total. The van der Waals surface area contributed by atoms with Crippen LogP contribution < -0.4 is 4.74 Å². The van der Waals surface area contributed by atoms with Crippen molar-refractivity contribution in [3.8, 4) is 5.75 Å². The van der Waals surface area contributed by atoms with E-state index in [4.69, 9.17) is 15.3 Å². The van der Waals surface area contributed by atoms with Crippen molar-refractivity contribution < 1.29 is 15.3 Å². The first-order valence-electron chi connectivity index (χ1n) is 3.66. The smallest absolute Gasteiger partial charge is 0.122 e. The fourth-order valence-corrected chi connectivity index (χ4v) is 1.36. The van der Waals surface area contributed by atoms with Gasteiger partial charge in [0.1, 0.15) is 5.75 Å². The van der Waals surface area contributed by atoms with E-state index in [-0.39, 0.29) is 0 Å². The zero-order valence-electron chi connectivity index (χ0n) is 7.94. The van der Waals surface area contributed by atoms with Gasteiger partial charge in [-0.15, -0.1) is 11.8 Å². The molecule has 1 rings (SSSR count). The average molecular weight is 202 g/mol. The molecule has 0 aliphatic carbocycles. The quantitative estimate of drug-likeness (QED) is 0.440. The number of rotatable bonds is 2. The second-order valence-corrected chi connectivity index (χ2v) is 3.22. The summed E-state index contributed by atoms with van der Waals surface area (Å²) in [5.41, 5.74) is 1.19. The van der Waals surface area contributed by atoms with Crippen molar-refractivity contribution in [2.75, 3.05) is 13.4 Å². The van der Waals surface area contributed by atoms with Crippen molar-refractivity contribution >= 4 is 11.8 Å². The standard InChI is InChI=1S/C9H12OS.H2O2/c1-7-4-5-8(11-3)6-9(7)10-2;1-2/h4-6H,1-3H3;1-2H. The monoisotopic (exact) mass is 202 g/mol. The largest absolute Gasteiger partial charge is 0.496 e. The lowest BCUT2D eigenvalue weighted by Gasteiger charge is -2.04. The second kappa shape index (κ2) is 6.77. The highest BCUT2D eigenvalue weighted by Gasteiger charge is 1.97. The van der Waals surface area contributed by atoms with Crippen LogP contribution in [0.3, 0.4) is 0 Å². The number of thioether (sulfide) groups is 1. The predicted molar refractivity (Wildman–Crippen MR) is 54.8 cm³/mol. The third-order valence-corrected chi connectivity index (χ3v) is 2.34. The van der Waals surface area contributed by atoms with Crippen LogP contribution in [0, 0.1) is 6.92 Å². The lowest BCUT2D eigenvalue weighted by atomic mass is 10.2. The molecule has 0 saturated carbocycles. The molecule has 0 fully saturated rings. The van der Waals surface area contributed by atoms with E-state index in [1.165, 1.54) is 10.5 Å². The Morgan fingerprint density at radius 2 is 1.92 bits per heavy atom. The van der Waals surface area contributed by atoms with E-state index in [0.717, 1.165) is 5.75 Å². The minimum atomic E-state index is 0.969. The molecule has 3 nitrogen and oxygen atoms in total. The normalized spacial score (nSPS) is 8.69. The van der Waals surface area contributed by atoms with E-state index >= 15 is 0 Å². The topological polar surface area (TPSA) is 49.7 Å². The molecule has 0 spiro atoms. The van der Waals surface area contributed by atoms with Gasteiger partial charge in [0.2, 0.25) is 0 Å². The van der Waals surface area contributed by atoms with E-state index in [2.05, 4.69) is 24.5 Å². The first kappa shape index (κ1) is 12.3. The summed E-state index contributed by atoms with van der Waals surface area (Å²) in [7, 11) is 1.70. The first-order valence-corrected chi connectivity index (χ1v) is 4.89. The van der Waals surface area contributed by atoms with E-state index in [1.807, 2.05) is 6.92 Å². The van der Waals surface area contributed by atoms with Crippen molar-refractivity contribution in [2.24, 2.45) is 0 Å². The molecule has 0 radical (unpaired) electrons. The van der Waals surface area contributed by atoms with Crippen LogP contribution in [-0.2, 0) is 0 Å². The van der Waals surface area contributed by atoms with Gasteiger partial charge in [-0.05, 0) is 30.9 Å². The van der Waals surface area contributed by atoms with Gasteiger partial charge in [-0.25, -0.2) is 0 Å². The molecule has 1 aromatic rings. The van der Waals surface area contributed by atoms with Crippen molar-refractivity contribution in [1.82, 2.24) is 0 Å². The molecule has 0 aliphatic heterocycles. The molecule has 0 aliphatic rings. The molecular weight excluding hydrogens is 188 g/mol. The highest BCUT2D eigenvalue weighted by molar-refractivity contribution is 7.98. The number of hydrogen-bond acceptors (Lipinski definition) is 4. The summed E-state index contributed by atoms with van der Waals surface area (Å²) < 4.78 is 5.17. The van der Waals surface area contributed by atoms with Crippen molar-refractivity contribution in [3.05, 3.63) is 23.8 Å². The number of aryl methyl sites for hydroxylation is 1. The Kier molecular flexibility index (Phi) is 6.40. The Morgan fingerprint density at radius 3 is 2.38 bits per heavy atom. The fourth-order valence-electron chi connectivity index (χ4n) is 0.927. The maximum atomic E-state index is 6.00. The molecule has 13 heavy (non-hydrogen) atoms. The van der Waals surface area contributed by atoms with Gasteiger partial charge in [-0.3, -0.25) is 10.5 Å². The Labute approximate surface area is 82.3 Å². The molecule has 0 heterocycles. The van der Waals surface area contributed by atoms with Crippen LogP contribution in [-0.4, -0.2) is 23.9 Å². The van der Waals surface area contributed by atoms with E-state index in [9.17, 15) is 0 Å². The zero-order chi connectivity index (χ0) is 10.3. The van der Waals surface area contributed by atoms with Gasteiger partial charge < -0.3 is 4.74 Å². The average Bonchev–Trinajstić information content (AvgIpc) is 2.22. The van der Waals surface area contributed by atoms with Gasteiger partial charge >= 0.3 is 0 Å². The summed E-state index contributed by atoms with van der Waals surface area (Å²) in [5.74, 6) is 0.969. The molecule has 0 amide bonds. The van der Waals surface area contributed by atoms with Crippen molar-refractivity contribution in [3.63, 3.8) is 0 Å². The minimum absolute atomic E-state index is 0.969. The maximum Gasteiger partial charge on any atom is 0.122 e. The third kappa shape index (κ3) is 3.67. The van der Waals surface area contributed by atoms with Crippen LogP contribution in [0.25, 0.3) is 0 Å². The van der Waals surface area contributed by atoms with Gasteiger partial charge in [-0.1, -0.05) is 6.07 Å². The minimum Gasteiger partial charge on any atom is -0.496 e. The fraction of sp³-hybridized carbons (Fsp3) is 0.333. The van der Waals surface area contributed by atoms with Crippen molar-refractivity contribution in [2.45, 2.75) is 11.8 Å². The van der Waals surface area contributed by atoms with Gasteiger partial charge in [-0.2, -0.15) is 0 Å². The Balaban J connectivity index is 0.000000671. The van der Waals surface area contributed by atoms with Gasteiger partial charge in [0.25, 0.3) is 0 Å². The summed E-state index contributed by atoms with van der Waals surface area (Å²) in [5, 5.41) is 12.0. The summed E-state index contributed by atoms with van der Waals surface area (Å²) in [6, 6.07) is 6.23. The SMILES string of the molecule is COc1cc(SC)ccc1C.OO. The summed E-state index contributed by atoms with van der Waals surface area (Å²) >= 11 is 1.73. The Hall–Kier alpha value is -0.710. The second-order valence-electron chi connectivity index (χ2n) is 2.34. The van der Waals surface area contributed by atoms with Crippen molar-refractivity contribution in [1.29, 1.82) is 0 Å². The van der Waals surface area contributed by atoms with Crippen LogP contribution >= 0.6 is 11.8 Å². The lowest BCUT2D eigenvalue weighted by Crippen LogP contribution is -1.86. The van der Waals surface area contributed by atoms with Crippen LogP contribution in [0.1, 0.15) is 5.56 Å². The Bertz CT molecular complexity index is 251. The van der Waals surface area contributed by atoms with E-state index < -0.39 is 0 Å². The molecule has 0 saturated heterocycles. The van der Waals surface area contributed by atoms with Gasteiger partial charge in [0.15, 0.2) is 0 Å². The number of benzene rings is 1. The summed E-state index contributed by atoms with van der Waals surface area (Å²) in [4.78, 5) is 1.24. The lowest BCUT2D eigenvalue weighted by molar-refractivity contribution is -0.176. The van der Waals surface area contributed by atoms with Crippen LogP contribution in [0.15, 0.2) is 23.1 Å². The summed E-state index contributed by atoms with van der Waals surface area (Å²) in [6.45, 7) is 2.04. The van der Waals surface area contributed by atoms with Gasteiger partial charge in [0.05, 0.1) is 7.11 Å². The van der Waals surface area contributed by atoms with E-state index in [0.29, 0.717) is 0 Å². The summed E-state index contributed by atoms with van der Waals surface area (Å²) in [6.07, 6.45) is 2.06. The molecular formula is C9H14O3S. The van der Waals surface area contributed by atoms with Crippen LogP contribution in [0.2, 0.25) is 0 Å². The molecule has 1 aromatic carbocycles. The molecule has 0 bridgehead atoms. The number of hydrogen-bond donors (Lipinski definition) is 2. The third-order valence-electron chi connectivity index (χ3n) is 1.62. The molecule has 0 aromatic heterocycles. The van der Waals surface area contributed by atoms with Crippen LogP contribution in [0.5, 0.6) is 5.75 Å². The molecule has 74 valence electrons. The Morgan fingerprint density at radius 1 is 1.31 bits per heavy atom. The molecule has 4 heteroatoms. The highest BCUT2D eigenvalue weighted by Crippen LogP contribution is 2.24. The molecule has 0 unspecified atom stereocenters. The highest BCUT2D eigenvalue weighted by atomic mass is 32.2. The van der Waals surface area contributed by atoms with E-state index in [1.54, 1.807) is 18.9 Å². The number of ether oxygens (including phenoxy) is 1. The maximum absolute atomic E-state index is 6.00. The zero-order valence-corrected chi connectivity index (χ0v) is 8.76. The first-order chi connectivity index (χ1) is 6.27. The van der Waals surface area contributed by atoms with Crippen LogP contribution in [0.4, 0.5) is 0 Å². The number of methoxy groups -OCH3 is 1. The predicted octanol–water partition coefficient (Wildman–Crippen LogP) is 2.74. The van der Waals surface area contributed by atoms with Gasteiger partial charge in [0, 0.05) is 4.90 Å². The molecule has 0 atom stereocenters.